The SMILES string of the molecule is O=C(NCc1ccccn1)C(=O)c1ccc(Cl)cc1. The molecule has 0 unspecified atom stereocenters. The van der Waals surface area contributed by atoms with Crippen molar-refractivity contribution >= 4 is 23.3 Å². The van der Waals surface area contributed by atoms with E-state index in [4.69, 9.17) is 11.6 Å². The average molecular weight is 275 g/mol. The molecule has 0 spiro atoms. The first-order valence-corrected chi connectivity index (χ1v) is 6.02. The highest BCUT2D eigenvalue weighted by atomic mass is 35.5. The fourth-order valence-electron chi connectivity index (χ4n) is 1.49. The average Bonchev–Trinajstić information content (AvgIpc) is 2.46. The van der Waals surface area contributed by atoms with E-state index in [1.54, 1.807) is 30.5 Å². The van der Waals surface area contributed by atoms with Crippen molar-refractivity contribution in [2.45, 2.75) is 6.54 Å². The van der Waals surface area contributed by atoms with E-state index in [-0.39, 0.29) is 6.54 Å². The van der Waals surface area contributed by atoms with Crippen LogP contribution in [0.25, 0.3) is 0 Å². The number of nitrogens with zero attached hydrogens (tertiary/aromatic N) is 1. The molecule has 2 rings (SSSR count). The zero-order valence-electron chi connectivity index (χ0n) is 9.97. The van der Waals surface area contributed by atoms with Crippen LogP contribution in [0.3, 0.4) is 0 Å². The van der Waals surface area contributed by atoms with Gasteiger partial charge in [-0.2, -0.15) is 0 Å². The summed E-state index contributed by atoms with van der Waals surface area (Å²) < 4.78 is 0. The van der Waals surface area contributed by atoms with Crippen molar-refractivity contribution in [1.82, 2.24) is 10.3 Å². The van der Waals surface area contributed by atoms with E-state index in [1.165, 1.54) is 12.1 Å². The second kappa shape index (κ2) is 6.11. The van der Waals surface area contributed by atoms with Crippen molar-refractivity contribution in [3.05, 3.63) is 64.9 Å². The fourth-order valence-corrected chi connectivity index (χ4v) is 1.61. The first-order chi connectivity index (χ1) is 9.16. The Balaban J connectivity index is 1.96. The smallest absolute Gasteiger partial charge is 0.292 e. The highest BCUT2D eigenvalue weighted by Gasteiger charge is 2.15. The maximum atomic E-state index is 11.8. The summed E-state index contributed by atoms with van der Waals surface area (Å²) in [5.41, 5.74) is 1.00. The number of carbonyl (C=O) groups excluding carboxylic acids is 2. The maximum Gasteiger partial charge on any atom is 0.292 e. The van der Waals surface area contributed by atoms with Crippen molar-refractivity contribution in [2.24, 2.45) is 0 Å². The number of aromatic nitrogens is 1. The van der Waals surface area contributed by atoms with Gasteiger partial charge in [0.25, 0.3) is 5.91 Å². The summed E-state index contributed by atoms with van der Waals surface area (Å²) in [5.74, 6) is -1.25. The van der Waals surface area contributed by atoms with E-state index in [0.717, 1.165) is 0 Å². The van der Waals surface area contributed by atoms with Crippen LogP contribution >= 0.6 is 11.6 Å². The van der Waals surface area contributed by atoms with Gasteiger partial charge in [0.1, 0.15) is 0 Å². The number of nitrogens with one attached hydrogen (secondary N) is 1. The van der Waals surface area contributed by atoms with Gasteiger partial charge in [-0.1, -0.05) is 17.7 Å². The standard InChI is InChI=1S/C14H11ClN2O2/c15-11-6-4-10(5-7-11)13(18)14(19)17-9-12-3-1-2-8-16-12/h1-8H,9H2,(H,17,19). The van der Waals surface area contributed by atoms with Crippen LogP contribution in [-0.2, 0) is 11.3 Å². The summed E-state index contributed by atoms with van der Waals surface area (Å²) in [5, 5.41) is 3.05. The highest BCUT2D eigenvalue weighted by Crippen LogP contribution is 2.10. The lowest BCUT2D eigenvalue weighted by molar-refractivity contribution is -0.117. The number of halogens is 1. The molecule has 0 saturated heterocycles. The molecule has 1 N–H and O–H groups in total. The Morgan fingerprint density at radius 3 is 2.47 bits per heavy atom. The first-order valence-electron chi connectivity index (χ1n) is 5.65. The molecule has 0 saturated carbocycles. The van der Waals surface area contributed by atoms with Gasteiger partial charge in [0.2, 0.25) is 5.78 Å². The van der Waals surface area contributed by atoms with Crippen molar-refractivity contribution < 1.29 is 9.59 Å². The summed E-state index contributed by atoms with van der Waals surface area (Å²) >= 11 is 5.72. The van der Waals surface area contributed by atoms with E-state index in [1.807, 2.05) is 6.07 Å². The fraction of sp³-hybridized carbons (Fsp3) is 0.0714. The summed E-state index contributed by atoms with van der Waals surface area (Å²) in [7, 11) is 0. The lowest BCUT2D eigenvalue weighted by Crippen LogP contribution is -2.30. The summed E-state index contributed by atoms with van der Waals surface area (Å²) in [4.78, 5) is 27.5. The minimum Gasteiger partial charge on any atom is -0.344 e. The van der Waals surface area contributed by atoms with E-state index < -0.39 is 11.7 Å². The van der Waals surface area contributed by atoms with Crippen LogP contribution < -0.4 is 5.32 Å². The molecule has 0 fully saturated rings. The van der Waals surface area contributed by atoms with Gasteiger partial charge in [-0.15, -0.1) is 0 Å². The molecule has 19 heavy (non-hydrogen) atoms. The minimum absolute atomic E-state index is 0.221. The molecule has 4 nitrogen and oxygen atoms in total. The van der Waals surface area contributed by atoms with Crippen LogP contribution in [0.2, 0.25) is 5.02 Å². The second-order valence-corrected chi connectivity index (χ2v) is 4.28. The van der Waals surface area contributed by atoms with Crippen LogP contribution in [0.1, 0.15) is 16.1 Å². The minimum atomic E-state index is -0.659. The Kier molecular flexibility index (Phi) is 4.26. The number of carbonyl (C=O) groups is 2. The zero-order valence-corrected chi connectivity index (χ0v) is 10.7. The third-order valence-electron chi connectivity index (χ3n) is 2.47. The number of ketones is 1. The third kappa shape index (κ3) is 3.63. The summed E-state index contributed by atoms with van der Waals surface area (Å²) in [6.45, 7) is 0.221. The highest BCUT2D eigenvalue weighted by molar-refractivity contribution is 6.43. The molecule has 0 atom stereocenters. The van der Waals surface area contributed by atoms with E-state index in [2.05, 4.69) is 10.3 Å². The van der Waals surface area contributed by atoms with Crippen molar-refractivity contribution in [3.63, 3.8) is 0 Å². The molecule has 1 aromatic heterocycles. The maximum absolute atomic E-state index is 11.8. The second-order valence-electron chi connectivity index (χ2n) is 3.84. The number of Topliss-reactive ketones (excluding diaryl/α,β-unsaturated/α-hetero) is 1. The number of rotatable bonds is 4. The van der Waals surface area contributed by atoms with Crippen LogP contribution in [0, 0.1) is 0 Å². The molecule has 96 valence electrons. The predicted molar refractivity (Wildman–Crippen MR) is 71.9 cm³/mol. The molecule has 0 aliphatic carbocycles. The van der Waals surface area contributed by atoms with Crippen LogP contribution in [0.5, 0.6) is 0 Å². The Morgan fingerprint density at radius 1 is 1.11 bits per heavy atom. The number of pyridine rings is 1. The quantitative estimate of drug-likeness (QED) is 0.687. The largest absolute Gasteiger partial charge is 0.344 e. The topological polar surface area (TPSA) is 59.1 Å². The molecule has 0 radical (unpaired) electrons. The predicted octanol–water partition coefficient (Wildman–Crippen LogP) is 2.23. The molecule has 1 aromatic carbocycles. The van der Waals surface area contributed by atoms with Crippen LogP contribution in [0.15, 0.2) is 48.7 Å². The molecule has 1 amide bonds. The third-order valence-corrected chi connectivity index (χ3v) is 2.72. The van der Waals surface area contributed by atoms with Crippen molar-refractivity contribution in [2.75, 3.05) is 0 Å². The molecular weight excluding hydrogens is 264 g/mol. The van der Waals surface area contributed by atoms with Crippen molar-refractivity contribution in [1.29, 1.82) is 0 Å². The van der Waals surface area contributed by atoms with Gasteiger partial charge in [-0.25, -0.2) is 0 Å². The number of hydrogen-bond donors (Lipinski definition) is 1. The number of amides is 1. The Hall–Kier alpha value is -2.20. The molecule has 5 heteroatoms. The van der Waals surface area contributed by atoms with Gasteiger partial charge in [0, 0.05) is 16.8 Å². The Morgan fingerprint density at radius 2 is 1.84 bits per heavy atom. The van der Waals surface area contributed by atoms with Gasteiger partial charge in [-0.05, 0) is 36.4 Å². The lowest BCUT2D eigenvalue weighted by Gasteiger charge is -2.04. The van der Waals surface area contributed by atoms with Gasteiger partial charge < -0.3 is 5.32 Å². The normalized spacial score (nSPS) is 9.95. The molecule has 0 aliphatic rings. The molecular formula is C14H11ClN2O2. The van der Waals surface area contributed by atoms with Gasteiger partial charge in [0.15, 0.2) is 0 Å². The van der Waals surface area contributed by atoms with Crippen LogP contribution in [0.4, 0.5) is 0 Å². The molecule has 0 bridgehead atoms. The Labute approximate surface area is 115 Å². The zero-order chi connectivity index (χ0) is 13.7. The van der Waals surface area contributed by atoms with E-state index in [9.17, 15) is 9.59 Å². The first kappa shape index (κ1) is 13.2. The van der Waals surface area contributed by atoms with E-state index in [0.29, 0.717) is 16.3 Å². The van der Waals surface area contributed by atoms with Gasteiger partial charge >= 0.3 is 0 Å². The van der Waals surface area contributed by atoms with E-state index >= 15 is 0 Å². The van der Waals surface area contributed by atoms with Gasteiger partial charge in [-0.3, -0.25) is 14.6 Å². The van der Waals surface area contributed by atoms with Gasteiger partial charge in [0.05, 0.1) is 12.2 Å². The number of benzene rings is 1. The van der Waals surface area contributed by atoms with Crippen molar-refractivity contribution in [3.8, 4) is 0 Å². The van der Waals surface area contributed by atoms with Crippen LogP contribution in [-0.4, -0.2) is 16.7 Å². The summed E-state index contributed by atoms with van der Waals surface area (Å²) in [6.07, 6.45) is 1.63. The lowest BCUT2D eigenvalue weighted by atomic mass is 10.1. The molecule has 1 heterocycles. The monoisotopic (exact) mass is 274 g/mol. The Bertz CT molecular complexity index is 582. The number of hydrogen-bond acceptors (Lipinski definition) is 3. The molecule has 0 aliphatic heterocycles. The molecule has 2 aromatic rings. The summed E-state index contributed by atoms with van der Waals surface area (Å²) in [6, 6.07) is 11.5.